The zero-order valence-corrected chi connectivity index (χ0v) is 19.6. The van der Waals surface area contributed by atoms with E-state index in [1.807, 2.05) is 56.3 Å². The Morgan fingerprint density at radius 3 is 2.39 bits per heavy atom. The molecule has 6 nitrogen and oxygen atoms in total. The summed E-state index contributed by atoms with van der Waals surface area (Å²) in [5.74, 6) is -1.28. The van der Waals surface area contributed by atoms with Gasteiger partial charge in [0.15, 0.2) is 0 Å². The number of aryl methyl sites for hydroxylation is 3. The van der Waals surface area contributed by atoms with Crippen LogP contribution < -0.4 is 0 Å². The smallest absolute Gasteiger partial charge is 0.295 e. The zero-order valence-electron chi connectivity index (χ0n) is 19.6. The first kappa shape index (κ1) is 23.2. The second-order valence-corrected chi connectivity index (χ2v) is 8.86. The molecule has 2 aliphatic heterocycles. The Kier molecular flexibility index (Phi) is 6.96. The van der Waals surface area contributed by atoms with Gasteiger partial charge in [-0.1, -0.05) is 48.9 Å². The molecule has 1 amide bonds. The minimum Gasteiger partial charge on any atom is -0.507 e. The maximum atomic E-state index is 13.2. The number of ketones is 1. The van der Waals surface area contributed by atoms with E-state index in [4.69, 9.17) is 4.74 Å². The molecule has 0 aliphatic carbocycles. The van der Waals surface area contributed by atoms with Gasteiger partial charge in [-0.25, -0.2) is 0 Å². The number of carbonyl (C=O) groups excluding carboxylic acids is 2. The van der Waals surface area contributed by atoms with E-state index in [1.165, 1.54) is 5.56 Å². The van der Waals surface area contributed by atoms with E-state index >= 15 is 0 Å². The van der Waals surface area contributed by atoms with Gasteiger partial charge in [-0.15, -0.1) is 0 Å². The van der Waals surface area contributed by atoms with E-state index in [0.29, 0.717) is 31.9 Å². The van der Waals surface area contributed by atoms with Gasteiger partial charge in [0.1, 0.15) is 5.76 Å². The minimum absolute atomic E-state index is 0.104. The Labute approximate surface area is 195 Å². The number of aliphatic hydroxyl groups excluding tert-OH is 1. The Balaban J connectivity index is 1.76. The summed E-state index contributed by atoms with van der Waals surface area (Å²) in [6.07, 6.45) is 0.903. The largest absolute Gasteiger partial charge is 0.507 e. The van der Waals surface area contributed by atoms with E-state index in [0.717, 1.165) is 36.2 Å². The molecular formula is C27H32N2O4. The molecule has 0 spiro atoms. The van der Waals surface area contributed by atoms with Crippen molar-refractivity contribution in [1.82, 2.24) is 9.80 Å². The number of hydrogen-bond acceptors (Lipinski definition) is 5. The van der Waals surface area contributed by atoms with Crippen LogP contribution in [0.25, 0.3) is 5.76 Å². The molecular weight excluding hydrogens is 416 g/mol. The Morgan fingerprint density at radius 1 is 1.03 bits per heavy atom. The lowest BCUT2D eigenvalue weighted by Crippen LogP contribution is -2.42. The fraction of sp³-hybridized carbons (Fsp3) is 0.407. The van der Waals surface area contributed by atoms with Crippen molar-refractivity contribution in [2.45, 2.75) is 33.2 Å². The van der Waals surface area contributed by atoms with E-state index in [1.54, 1.807) is 4.90 Å². The van der Waals surface area contributed by atoms with Crippen molar-refractivity contribution in [3.05, 3.63) is 75.9 Å². The number of likely N-dealkylation sites (tertiary alicyclic amines) is 1. The molecule has 1 N–H and O–H groups in total. The first-order valence-corrected chi connectivity index (χ1v) is 11.7. The van der Waals surface area contributed by atoms with E-state index in [2.05, 4.69) is 11.8 Å². The van der Waals surface area contributed by atoms with E-state index in [9.17, 15) is 14.7 Å². The van der Waals surface area contributed by atoms with Gasteiger partial charge in [-0.3, -0.25) is 14.5 Å². The topological polar surface area (TPSA) is 70.1 Å². The highest BCUT2D eigenvalue weighted by atomic mass is 16.5. The van der Waals surface area contributed by atoms with Crippen molar-refractivity contribution < 1.29 is 19.4 Å². The molecule has 2 fully saturated rings. The third-order valence-electron chi connectivity index (χ3n) is 6.65. The standard InChI is InChI=1S/C27H32N2O4/c1-4-20-7-9-21(10-8-20)24-23(25(30)22-17-18(2)5-6-19(22)3)26(31)27(32)29(24)12-11-28-13-15-33-16-14-28/h5-10,17,24,30H,4,11-16H2,1-3H3/b25-23+. The van der Waals surface area contributed by atoms with E-state index < -0.39 is 17.7 Å². The molecule has 0 saturated carbocycles. The van der Waals surface area contributed by atoms with Crippen LogP contribution in [0.3, 0.4) is 0 Å². The van der Waals surface area contributed by atoms with Crippen LogP contribution >= 0.6 is 0 Å². The van der Waals surface area contributed by atoms with Crippen LogP contribution in [-0.2, 0) is 20.7 Å². The third kappa shape index (κ3) is 4.72. The van der Waals surface area contributed by atoms with Gasteiger partial charge in [-0.2, -0.15) is 0 Å². The Hall–Kier alpha value is -2.96. The van der Waals surface area contributed by atoms with Gasteiger partial charge < -0.3 is 14.7 Å². The first-order chi connectivity index (χ1) is 15.9. The van der Waals surface area contributed by atoms with Gasteiger partial charge in [0.05, 0.1) is 24.8 Å². The zero-order chi connectivity index (χ0) is 23.5. The van der Waals surface area contributed by atoms with Gasteiger partial charge in [0.2, 0.25) is 0 Å². The quantitative estimate of drug-likeness (QED) is 0.415. The molecule has 1 unspecified atom stereocenters. The predicted molar refractivity (Wildman–Crippen MR) is 128 cm³/mol. The minimum atomic E-state index is -0.625. The monoisotopic (exact) mass is 448 g/mol. The van der Waals surface area contributed by atoms with Crippen molar-refractivity contribution in [1.29, 1.82) is 0 Å². The fourth-order valence-electron chi connectivity index (χ4n) is 4.60. The van der Waals surface area contributed by atoms with Gasteiger partial charge >= 0.3 is 0 Å². The van der Waals surface area contributed by atoms with Gasteiger partial charge in [-0.05, 0) is 43.0 Å². The Morgan fingerprint density at radius 2 is 1.73 bits per heavy atom. The highest BCUT2D eigenvalue weighted by Crippen LogP contribution is 2.40. The van der Waals surface area contributed by atoms with Crippen molar-refractivity contribution >= 4 is 17.4 Å². The number of carbonyl (C=O) groups is 2. The molecule has 2 aliphatic rings. The van der Waals surface area contributed by atoms with Crippen molar-refractivity contribution in [3.63, 3.8) is 0 Å². The molecule has 0 radical (unpaired) electrons. The molecule has 1 atom stereocenters. The van der Waals surface area contributed by atoms with Gasteiger partial charge in [0, 0.05) is 31.7 Å². The average molecular weight is 449 g/mol. The molecule has 2 saturated heterocycles. The van der Waals surface area contributed by atoms with Crippen LogP contribution in [0, 0.1) is 13.8 Å². The summed E-state index contributed by atoms with van der Waals surface area (Å²) < 4.78 is 5.42. The van der Waals surface area contributed by atoms with Crippen LogP contribution in [0.4, 0.5) is 0 Å². The van der Waals surface area contributed by atoms with Crippen molar-refractivity contribution in [2.75, 3.05) is 39.4 Å². The number of hydrogen-bond donors (Lipinski definition) is 1. The van der Waals surface area contributed by atoms with Crippen molar-refractivity contribution in [3.8, 4) is 0 Å². The molecule has 2 aromatic rings. The number of rotatable bonds is 6. The summed E-state index contributed by atoms with van der Waals surface area (Å²) in [6, 6.07) is 13.1. The molecule has 33 heavy (non-hydrogen) atoms. The summed E-state index contributed by atoms with van der Waals surface area (Å²) in [5.41, 5.74) is 4.61. The molecule has 2 aromatic carbocycles. The first-order valence-electron chi connectivity index (χ1n) is 11.7. The lowest BCUT2D eigenvalue weighted by atomic mass is 9.92. The van der Waals surface area contributed by atoms with Crippen LogP contribution in [0.1, 0.15) is 40.8 Å². The molecule has 0 aromatic heterocycles. The summed E-state index contributed by atoms with van der Waals surface area (Å²) >= 11 is 0. The molecule has 0 bridgehead atoms. The fourth-order valence-corrected chi connectivity index (χ4v) is 4.60. The van der Waals surface area contributed by atoms with Crippen LogP contribution in [-0.4, -0.2) is 66.0 Å². The second-order valence-electron chi connectivity index (χ2n) is 8.86. The van der Waals surface area contributed by atoms with Gasteiger partial charge in [0.25, 0.3) is 11.7 Å². The summed E-state index contributed by atoms with van der Waals surface area (Å²) in [4.78, 5) is 30.3. The maximum Gasteiger partial charge on any atom is 0.295 e. The maximum absolute atomic E-state index is 13.2. The molecule has 6 heteroatoms. The highest BCUT2D eigenvalue weighted by molar-refractivity contribution is 6.46. The Bertz CT molecular complexity index is 1070. The number of aliphatic hydroxyl groups is 1. The lowest BCUT2D eigenvalue weighted by Gasteiger charge is -2.31. The summed E-state index contributed by atoms with van der Waals surface area (Å²) in [6.45, 7) is 9.96. The summed E-state index contributed by atoms with van der Waals surface area (Å²) in [5, 5.41) is 11.3. The number of amides is 1. The third-order valence-corrected chi connectivity index (χ3v) is 6.65. The summed E-state index contributed by atoms with van der Waals surface area (Å²) in [7, 11) is 0. The predicted octanol–water partition coefficient (Wildman–Crippen LogP) is 3.62. The van der Waals surface area contributed by atoms with Crippen LogP contribution in [0.15, 0.2) is 48.0 Å². The molecule has 4 rings (SSSR count). The lowest BCUT2D eigenvalue weighted by molar-refractivity contribution is -0.140. The number of benzene rings is 2. The number of nitrogens with zero attached hydrogens (tertiary/aromatic N) is 2. The molecule has 2 heterocycles. The SMILES string of the molecule is CCc1ccc(C2/C(=C(\O)c3cc(C)ccc3C)C(=O)C(=O)N2CCN2CCOCC2)cc1. The normalized spacial score (nSPS) is 21.1. The number of morpholine rings is 1. The highest BCUT2D eigenvalue weighted by Gasteiger charge is 2.46. The average Bonchev–Trinajstić information content (AvgIpc) is 3.09. The van der Waals surface area contributed by atoms with E-state index in [-0.39, 0.29) is 11.3 Å². The second kappa shape index (κ2) is 9.89. The van der Waals surface area contributed by atoms with Crippen molar-refractivity contribution in [2.24, 2.45) is 0 Å². The number of Topliss-reactive ketones (excluding diaryl/α,β-unsaturated/α-hetero) is 1. The van der Waals surface area contributed by atoms with Crippen LogP contribution in [0.5, 0.6) is 0 Å². The van der Waals surface area contributed by atoms with Crippen LogP contribution in [0.2, 0.25) is 0 Å². The molecule has 174 valence electrons. The number of ether oxygens (including phenoxy) is 1.